The Morgan fingerprint density at radius 2 is 1.90 bits per heavy atom. The van der Waals surface area contributed by atoms with Crippen molar-refractivity contribution in [2.45, 2.75) is 45.3 Å². The fraction of sp³-hybridized carbons (Fsp3) is 0.417. The van der Waals surface area contributed by atoms with Gasteiger partial charge in [-0.1, -0.05) is 37.3 Å². The first-order valence-electron chi connectivity index (χ1n) is 10.7. The number of rotatable bonds is 7. The van der Waals surface area contributed by atoms with Gasteiger partial charge in [0, 0.05) is 51.6 Å². The lowest BCUT2D eigenvalue weighted by Crippen LogP contribution is -2.47. The first kappa shape index (κ1) is 21.7. The molecule has 1 aliphatic rings. The van der Waals surface area contributed by atoms with Gasteiger partial charge in [0.2, 0.25) is 5.91 Å². The smallest absolute Gasteiger partial charge is 0.224 e. The number of benzene rings is 2. The van der Waals surface area contributed by atoms with Gasteiger partial charge in [0.1, 0.15) is 11.9 Å². The zero-order chi connectivity index (χ0) is 21.2. The molecule has 2 aromatic rings. The highest BCUT2D eigenvalue weighted by Gasteiger charge is 2.22. The summed E-state index contributed by atoms with van der Waals surface area (Å²) in [7, 11) is 1.82. The van der Waals surface area contributed by atoms with Crippen molar-refractivity contribution >= 4 is 17.6 Å². The molecular weight excluding hydrogens is 376 g/mol. The molecule has 6 heteroatoms. The van der Waals surface area contributed by atoms with Crippen molar-refractivity contribution in [1.29, 1.82) is 0 Å². The van der Waals surface area contributed by atoms with Crippen molar-refractivity contribution in [2.75, 3.05) is 25.5 Å². The number of amides is 1. The molecule has 1 heterocycles. The number of anilines is 1. The molecule has 6 nitrogen and oxygen atoms in total. The van der Waals surface area contributed by atoms with Crippen LogP contribution >= 0.6 is 0 Å². The number of carbonyl (C=O) groups is 1. The number of likely N-dealkylation sites (tertiary alicyclic amines) is 1. The monoisotopic (exact) mass is 408 g/mol. The minimum atomic E-state index is 0.0546. The molecule has 1 saturated heterocycles. The second-order valence-corrected chi connectivity index (χ2v) is 7.52. The fourth-order valence-corrected chi connectivity index (χ4v) is 3.60. The quantitative estimate of drug-likeness (QED) is 0.536. The Kier molecular flexibility index (Phi) is 8.12. The van der Waals surface area contributed by atoms with Crippen LogP contribution in [0.1, 0.15) is 38.2 Å². The SMILES string of the molecule is CCCC(=O)Nc1cccc(CNC(=NC)N2CCC(Oc3ccccc3)CC2)c1. The van der Waals surface area contributed by atoms with Gasteiger partial charge in [-0.05, 0) is 36.2 Å². The maximum Gasteiger partial charge on any atom is 0.224 e. The van der Waals surface area contributed by atoms with E-state index in [1.54, 1.807) is 0 Å². The Morgan fingerprint density at radius 3 is 2.60 bits per heavy atom. The summed E-state index contributed by atoms with van der Waals surface area (Å²) in [4.78, 5) is 18.5. The summed E-state index contributed by atoms with van der Waals surface area (Å²) in [5.74, 6) is 1.89. The summed E-state index contributed by atoms with van der Waals surface area (Å²) in [6.07, 6.45) is 3.56. The molecule has 0 radical (unpaired) electrons. The molecule has 2 N–H and O–H groups in total. The maximum absolute atomic E-state index is 11.8. The zero-order valence-electron chi connectivity index (χ0n) is 17.9. The van der Waals surface area contributed by atoms with E-state index >= 15 is 0 Å². The van der Waals surface area contributed by atoms with Gasteiger partial charge < -0.3 is 20.3 Å². The maximum atomic E-state index is 11.8. The van der Waals surface area contributed by atoms with Gasteiger partial charge >= 0.3 is 0 Å². The normalized spacial score (nSPS) is 15.0. The van der Waals surface area contributed by atoms with E-state index in [4.69, 9.17) is 4.74 Å². The molecule has 0 atom stereocenters. The molecule has 0 unspecified atom stereocenters. The van der Waals surface area contributed by atoms with Crippen LogP contribution in [0.2, 0.25) is 0 Å². The van der Waals surface area contributed by atoms with Gasteiger partial charge in [-0.3, -0.25) is 9.79 Å². The number of aliphatic imine (C=N–C) groups is 1. The highest BCUT2D eigenvalue weighted by Crippen LogP contribution is 2.19. The molecule has 0 spiro atoms. The van der Waals surface area contributed by atoms with Crippen molar-refractivity contribution in [3.63, 3.8) is 0 Å². The minimum Gasteiger partial charge on any atom is -0.490 e. The van der Waals surface area contributed by atoms with Gasteiger partial charge in [0.05, 0.1) is 0 Å². The number of hydrogen-bond acceptors (Lipinski definition) is 3. The van der Waals surface area contributed by atoms with Crippen molar-refractivity contribution in [2.24, 2.45) is 4.99 Å². The summed E-state index contributed by atoms with van der Waals surface area (Å²) in [6, 6.07) is 18.0. The zero-order valence-corrected chi connectivity index (χ0v) is 17.9. The summed E-state index contributed by atoms with van der Waals surface area (Å²) in [6.45, 7) is 4.47. The van der Waals surface area contributed by atoms with E-state index in [9.17, 15) is 4.79 Å². The second-order valence-electron chi connectivity index (χ2n) is 7.52. The highest BCUT2D eigenvalue weighted by molar-refractivity contribution is 5.90. The molecule has 2 aromatic carbocycles. The number of ether oxygens (including phenoxy) is 1. The average molecular weight is 409 g/mol. The molecule has 1 amide bonds. The first-order valence-corrected chi connectivity index (χ1v) is 10.7. The number of nitrogens with one attached hydrogen (secondary N) is 2. The van der Waals surface area contributed by atoms with E-state index in [0.717, 1.165) is 55.3 Å². The van der Waals surface area contributed by atoms with Crippen LogP contribution in [0.25, 0.3) is 0 Å². The van der Waals surface area contributed by atoms with E-state index in [2.05, 4.69) is 26.6 Å². The van der Waals surface area contributed by atoms with Crippen LogP contribution in [-0.2, 0) is 11.3 Å². The number of para-hydroxylation sites is 1. The Morgan fingerprint density at radius 1 is 1.13 bits per heavy atom. The molecule has 160 valence electrons. The molecule has 1 fully saturated rings. The van der Waals surface area contributed by atoms with E-state index in [-0.39, 0.29) is 12.0 Å². The lowest BCUT2D eigenvalue weighted by atomic mass is 10.1. The number of nitrogens with zero attached hydrogens (tertiary/aromatic N) is 2. The van der Waals surface area contributed by atoms with Crippen molar-refractivity contribution < 1.29 is 9.53 Å². The predicted octanol–water partition coefficient (Wildman–Crippen LogP) is 4.04. The van der Waals surface area contributed by atoms with E-state index in [1.165, 1.54) is 0 Å². The Balaban J connectivity index is 1.48. The molecule has 3 rings (SSSR count). The van der Waals surface area contributed by atoms with E-state index in [0.29, 0.717) is 13.0 Å². The Bertz CT molecular complexity index is 830. The molecule has 1 aliphatic heterocycles. The van der Waals surface area contributed by atoms with Gasteiger partial charge in [-0.25, -0.2) is 0 Å². The lowest BCUT2D eigenvalue weighted by molar-refractivity contribution is -0.116. The molecule has 0 saturated carbocycles. The lowest BCUT2D eigenvalue weighted by Gasteiger charge is -2.34. The largest absolute Gasteiger partial charge is 0.490 e. The van der Waals surface area contributed by atoms with E-state index < -0.39 is 0 Å². The van der Waals surface area contributed by atoms with Crippen LogP contribution in [0.3, 0.4) is 0 Å². The topological polar surface area (TPSA) is 66.0 Å². The van der Waals surface area contributed by atoms with Crippen molar-refractivity contribution in [1.82, 2.24) is 10.2 Å². The third-order valence-electron chi connectivity index (χ3n) is 5.14. The summed E-state index contributed by atoms with van der Waals surface area (Å²) in [5, 5.41) is 6.40. The fourth-order valence-electron chi connectivity index (χ4n) is 3.60. The molecule has 0 aromatic heterocycles. The van der Waals surface area contributed by atoms with Crippen LogP contribution in [0, 0.1) is 0 Å². The Hall–Kier alpha value is -3.02. The highest BCUT2D eigenvalue weighted by atomic mass is 16.5. The van der Waals surface area contributed by atoms with Crippen LogP contribution in [0.4, 0.5) is 5.69 Å². The first-order chi connectivity index (χ1) is 14.7. The second kappa shape index (κ2) is 11.2. The van der Waals surface area contributed by atoms with Gasteiger partial charge in [0.25, 0.3) is 0 Å². The van der Waals surface area contributed by atoms with Crippen LogP contribution in [-0.4, -0.2) is 43.0 Å². The molecule has 0 bridgehead atoms. The van der Waals surface area contributed by atoms with Crippen molar-refractivity contribution in [3.05, 3.63) is 60.2 Å². The summed E-state index contributed by atoms with van der Waals surface area (Å²) >= 11 is 0. The summed E-state index contributed by atoms with van der Waals surface area (Å²) < 4.78 is 6.09. The molecular formula is C24H32N4O2. The molecule has 30 heavy (non-hydrogen) atoms. The number of piperidine rings is 1. The van der Waals surface area contributed by atoms with Crippen LogP contribution in [0.5, 0.6) is 5.75 Å². The van der Waals surface area contributed by atoms with Gasteiger partial charge in [-0.2, -0.15) is 0 Å². The third-order valence-corrected chi connectivity index (χ3v) is 5.14. The third kappa shape index (κ3) is 6.51. The van der Waals surface area contributed by atoms with Gasteiger partial charge in [0.15, 0.2) is 5.96 Å². The molecule has 0 aliphatic carbocycles. The number of hydrogen-bond donors (Lipinski definition) is 2. The van der Waals surface area contributed by atoms with E-state index in [1.807, 2.05) is 62.5 Å². The minimum absolute atomic E-state index is 0.0546. The standard InChI is InChI=1S/C24H32N4O2/c1-3-8-23(29)27-20-10-7-9-19(17-20)18-26-24(25-2)28-15-13-22(14-16-28)30-21-11-5-4-6-12-21/h4-7,9-12,17,22H,3,8,13-16,18H2,1-2H3,(H,25,26)(H,27,29). The number of guanidine groups is 1. The summed E-state index contributed by atoms with van der Waals surface area (Å²) in [5.41, 5.74) is 1.94. The van der Waals surface area contributed by atoms with Crippen LogP contribution in [0.15, 0.2) is 59.6 Å². The predicted molar refractivity (Wildman–Crippen MR) is 122 cm³/mol. The van der Waals surface area contributed by atoms with Gasteiger partial charge in [-0.15, -0.1) is 0 Å². The number of carbonyl (C=O) groups excluding carboxylic acids is 1. The Labute approximate surface area is 179 Å². The van der Waals surface area contributed by atoms with Crippen molar-refractivity contribution in [3.8, 4) is 5.75 Å². The van der Waals surface area contributed by atoms with Crippen LogP contribution < -0.4 is 15.4 Å². The average Bonchev–Trinajstić information content (AvgIpc) is 2.76.